The number of aliphatic carboxylic acids is 1. The van der Waals surface area contributed by atoms with Gasteiger partial charge in [-0.15, -0.1) is 12.4 Å². The Labute approximate surface area is 141 Å². The third-order valence-corrected chi connectivity index (χ3v) is 3.02. The van der Waals surface area contributed by atoms with E-state index < -0.39 is 12.0 Å². The molecular formula is C15H23ClN2O5. The van der Waals surface area contributed by atoms with Gasteiger partial charge in [0.1, 0.15) is 17.5 Å². The Hall–Kier alpha value is -1.99. The van der Waals surface area contributed by atoms with Crippen LogP contribution in [0, 0.1) is 0 Å². The monoisotopic (exact) mass is 346 g/mol. The van der Waals surface area contributed by atoms with Crippen LogP contribution >= 0.6 is 12.4 Å². The first-order chi connectivity index (χ1) is 10.5. The third-order valence-electron chi connectivity index (χ3n) is 3.02. The first-order valence-corrected chi connectivity index (χ1v) is 6.99. The number of hydrogen-bond donors (Lipinski definition) is 3. The average molecular weight is 347 g/mol. The van der Waals surface area contributed by atoms with E-state index in [1.54, 1.807) is 18.2 Å². The second-order valence-corrected chi connectivity index (χ2v) is 4.71. The number of anilines is 1. The fraction of sp³-hybridized carbons (Fsp3) is 0.467. The Morgan fingerprint density at radius 1 is 1.17 bits per heavy atom. The Morgan fingerprint density at radius 2 is 1.74 bits per heavy atom. The molecule has 0 saturated carbocycles. The largest absolute Gasteiger partial charge is 0.497 e. The molecule has 1 atom stereocenters. The minimum absolute atomic E-state index is 0. The summed E-state index contributed by atoms with van der Waals surface area (Å²) in [6.45, 7) is 1.80. The molecule has 1 aromatic rings. The molecule has 1 aromatic carbocycles. The topological polar surface area (TPSA) is 96.9 Å². The molecule has 0 fully saturated rings. The number of amides is 1. The SMILES string of the molecule is CCCC(NCC(=O)Nc1cc(OC)cc(OC)c1)C(=O)O.Cl. The molecule has 0 bridgehead atoms. The van der Waals surface area contributed by atoms with Crippen molar-refractivity contribution in [2.75, 3.05) is 26.1 Å². The van der Waals surface area contributed by atoms with Crippen LogP contribution in [0.4, 0.5) is 5.69 Å². The predicted molar refractivity (Wildman–Crippen MR) is 89.8 cm³/mol. The van der Waals surface area contributed by atoms with Gasteiger partial charge in [-0.3, -0.25) is 14.9 Å². The highest BCUT2D eigenvalue weighted by molar-refractivity contribution is 5.93. The number of carboxylic acid groups (broad SMARTS) is 1. The van der Waals surface area contributed by atoms with Gasteiger partial charge < -0.3 is 19.9 Å². The van der Waals surface area contributed by atoms with Gasteiger partial charge in [0.15, 0.2) is 0 Å². The van der Waals surface area contributed by atoms with Crippen molar-refractivity contribution in [2.24, 2.45) is 0 Å². The second kappa shape index (κ2) is 10.7. The molecule has 3 N–H and O–H groups in total. The van der Waals surface area contributed by atoms with E-state index >= 15 is 0 Å². The lowest BCUT2D eigenvalue weighted by molar-refractivity contribution is -0.139. The van der Waals surface area contributed by atoms with Crippen molar-refractivity contribution in [3.8, 4) is 11.5 Å². The lowest BCUT2D eigenvalue weighted by atomic mass is 10.1. The van der Waals surface area contributed by atoms with E-state index in [2.05, 4.69) is 10.6 Å². The van der Waals surface area contributed by atoms with Crippen molar-refractivity contribution in [3.05, 3.63) is 18.2 Å². The summed E-state index contributed by atoms with van der Waals surface area (Å²) in [4.78, 5) is 22.9. The number of carbonyl (C=O) groups excluding carboxylic acids is 1. The predicted octanol–water partition coefficient (Wildman–Crippen LogP) is 1.91. The molecule has 0 radical (unpaired) electrons. The van der Waals surface area contributed by atoms with Gasteiger partial charge >= 0.3 is 5.97 Å². The normalized spacial score (nSPS) is 11.1. The van der Waals surface area contributed by atoms with E-state index in [1.165, 1.54) is 14.2 Å². The summed E-state index contributed by atoms with van der Waals surface area (Å²) in [7, 11) is 3.04. The van der Waals surface area contributed by atoms with Gasteiger partial charge in [0.05, 0.1) is 20.8 Å². The highest BCUT2D eigenvalue weighted by Crippen LogP contribution is 2.25. The van der Waals surface area contributed by atoms with Crippen molar-refractivity contribution in [3.63, 3.8) is 0 Å². The Balaban J connectivity index is 0.00000484. The Bertz CT molecular complexity index is 502. The number of nitrogens with one attached hydrogen (secondary N) is 2. The average Bonchev–Trinajstić information content (AvgIpc) is 2.50. The van der Waals surface area contributed by atoms with Crippen LogP contribution < -0.4 is 20.1 Å². The van der Waals surface area contributed by atoms with Gasteiger partial charge in [0.2, 0.25) is 5.91 Å². The number of methoxy groups -OCH3 is 2. The third kappa shape index (κ3) is 7.21. The molecule has 0 aliphatic carbocycles. The number of benzene rings is 1. The number of rotatable bonds is 9. The second-order valence-electron chi connectivity index (χ2n) is 4.71. The highest BCUT2D eigenvalue weighted by Gasteiger charge is 2.16. The number of ether oxygens (including phenoxy) is 2. The van der Waals surface area contributed by atoms with Gasteiger partial charge in [-0.1, -0.05) is 13.3 Å². The standard InChI is InChI=1S/C15H22N2O5.ClH/c1-4-5-13(15(19)20)16-9-14(18)17-10-6-11(21-2)8-12(7-10)22-3;/h6-8,13,16H,4-5,9H2,1-3H3,(H,17,18)(H,19,20);1H. The Kier molecular flexibility index (Phi) is 9.76. The van der Waals surface area contributed by atoms with Crippen molar-refractivity contribution in [1.29, 1.82) is 0 Å². The maximum atomic E-state index is 11.9. The lowest BCUT2D eigenvalue weighted by Crippen LogP contribution is -2.41. The zero-order chi connectivity index (χ0) is 16.5. The van der Waals surface area contributed by atoms with Crippen LogP contribution in [0.25, 0.3) is 0 Å². The minimum atomic E-state index is -0.960. The smallest absolute Gasteiger partial charge is 0.320 e. The molecule has 23 heavy (non-hydrogen) atoms. The number of carboxylic acids is 1. The lowest BCUT2D eigenvalue weighted by Gasteiger charge is -2.14. The van der Waals surface area contributed by atoms with Crippen molar-refractivity contribution in [1.82, 2.24) is 5.32 Å². The van der Waals surface area contributed by atoms with Crippen LogP contribution in [0.2, 0.25) is 0 Å². The van der Waals surface area contributed by atoms with Gasteiger partial charge in [-0.25, -0.2) is 0 Å². The molecule has 130 valence electrons. The summed E-state index contributed by atoms with van der Waals surface area (Å²) in [5.74, 6) is -0.190. The molecule has 8 heteroatoms. The van der Waals surface area contributed by atoms with Gasteiger partial charge in [-0.05, 0) is 6.42 Å². The molecule has 7 nitrogen and oxygen atoms in total. The van der Waals surface area contributed by atoms with Crippen LogP contribution in [-0.4, -0.2) is 43.8 Å². The van der Waals surface area contributed by atoms with Crippen molar-refractivity contribution in [2.45, 2.75) is 25.8 Å². The van der Waals surface area contributed by atoms with Crippen LogP contribution in [-0.2, 0) is 9.59 Å². The minimum Gasteiger partial charge on any atom is -0.497 e. The van der Waals surface area contributed by atoms with Crippen molar-refractivity contribution >= 4 is 30.0 Å². The first-order valence-electron chi connectivity index (χ1n) is 6.99. The highest BCUT2D eigenvalue weighted by atomic mass is 35.5. The van der Waals surface area contributed by atoms with E-state index in [-0.39, 0.29) is 24.9 Å². The molecule has 0 heterocycles. The molecule has 1 amide bonds. The molecular weight excluding hydrogens is 324 g/mol. The molecule has 0 aromatic heterocycles. The zero-order valence-corrected chi connectivity index (χ0v) is 14.2. The summed E-state index contributed by atoms with van der Waals surface area (Å²) in [6, 6.07) is 4.27. The van der Waals surface area contributed by atoms with Crippen LogP contribution in [0.5, 0.6) is 11.5 Å². The number of halogens is 1. The Morgan fingerprint density at radius 3 is 2.17 bits per heavy atom. The summed E-state index contributed by atoms with van der Waals surface area (Å²) >= 11 is 0. The van der Waals surface area contributed by atoms with Crippen LogP contribution in [0.3, 0.4) is 0 Å². The summed E-state index contributed by atoms with van der Waals surface area (Å²) in [5, 5.41) is 14.4. The van der Waals surface area contributed by atoms with E-state index in [9.17, 15) is 9.59 Å². The maximum absolute atomic E-state index is 11.9. The van der Waals surface area contributed by atoms with E-state index in [1.807, 2.05) is 6.92 Å². The summed E-state index contributed by atoms with van der Waals surface area (Å²) < 4.78 is 10.2. The van der Waals surface area contributed by atoms with E-state index in [0.717, 1.165) is 6.42 Å². The fourth-order valence-corrected chi connectivity index (χ4v) is 1.90. The number of carbonyl (C=O) groups is 2. The van der Waals surface area contributed by atoms with Gasteiger partial charge in [0.25, 0.3) is 0 Å². The maximum Gasteiger partial charge on any atom is 0.320 e. The summed E-state index contributed by atoms with van der Waals surface area (Å²) in [6.07, 6.45) is 1.19. The van der Waals surface area contributed by atoms with Crippen LogP contribution in [0.1, 0.15) is 19.8 Å². The van der Waals surface area contributed by atoms with Gasteiger partial charge in [-0.2, -0.15) is 0 Å². The molecule has 0 aliphatic rings. The van der Waals surface area contributed by atoms with Gasteiger partial charge in [0, 0.05) is 23.9 Å². The first kappa shape index (κ1) is 21.0. The number of hydrogen-bond acceptors (Lipinski definition) is 5. The summed E-state index contributed by atoms with van der Waals surface area (Å²) in [5.41, 5.74) is 0.519. The van der Waals surface area contributed by atoms with Crippen LogP contribution in [0.15, 0.2) is 18.2 Å². The molecule has 0 saturated heterocycles. The van der Waals surface area contributed by atoms with E-state index in [0.29, 0.717) is 23.6 Å². The molecule has 1 unspecified atom stereocenters. The molecule has 1 rings (SSSR count). The fourth-order valence-electron chi connectivity index (χ4n) is 1.90. The zero-order valence-electron chi connectivity index (χ0n) is 13.4. The molecule has 0 aliphatic heterocycles. The quantitative estimate of drug-likeness (QED) is 0.632. The molecule has 0 spiro atoms. The van der Waals surface area contributed by atoms with Crippen molar-refractivity contribution < 1.29 is 24.2 Å². The van der Waals surface area contributed by atoms with E-state index in [4.69, 9.17) is 14.6 Å².